The van der Waals surface area contributed by atoms with Gasteiger partial charge in [-0.05, 0) is 58.3 Å². The average Bonchev–Trinajstić information content (AvgIpc) is 3.18. The second-order valence-electron chi connectivity index (χ2n) is 6.87. The first-order valence-electron chi connectivity index (χ1n) is 9.01. The Balaban J connectivity index is 1.52. The number of tetrazole rings is 1. The van der Waals surface area contributed by atoms with Crippen LogP contribution in [0.3, 0.4) is 0 Å². The minimum atomic E-state index is -0.119. The summed E-state index contributed by atoms with van der Waals surface area (Å²) in [6.07, 6.45) is 2.24. The van der Waals surface area contributed by atoms with Gasteiger partial charge in [-0.25, -0.2) is 4.68 Å². The van der Waals surface area contributed by atoms with Crippen molar-refractivity contribution in [2.45, 2.75) is 26.7 Å². The first kappa shape index (κ1) is 19.2. The summed E-state index contributed by atoms with van der Waals surface area (Å²) >= 11 is 0. The molecule has 144 valence electrons. The van der Waals surface area contributed by atoms with Crippen LogP contribution in [0, 0.1) is 5.92 Å². The summed E-state index contributed by atoms with van der Waals surface area (Å²) in [5, 5.41) is 16.7. The summed E-state index contributed by atoms with van der Waals surface area (Å²) in [6, 6.07) is 14.5. The molecule has 3 aromatic rings. The lowest BCUT2D eigenvalue weighted by Gasteiger charge is -2.09. The molecule has 0 saturated heterocycles. The van der Waals surface area contributed by atoms with E-state index in [4.69, 9.17) is 0 Å². The van der Waals surface area contributed by atoms with E-state index in [0.29, 0.717) is 23.7 Å². The normalized spacial score (nSPS) is 10.7. The lowest BCUT2D eigenvalue weighted by molar-refractivity contribution is -0.117. The van der Waals surface area contributed by atoms with Crippen molar-refractivity contribution in [1.29, 1.82) is 0 Å². The Morgan fingerprint density at radius 2 is 1.54 bits per heavy atom. The van der Waals surface area contributed by atoms with Crippen molar-refractivity contribution in [1.82, 2.24) is 20.2 Å². The lowest BCUT2D eigenvalue weighted by Crippen LogP contribution is -2.15. The van der Waals surface area contributed by atoms with Gasteiger partial charge in [-0.2, -0.15) is 0 Å². The van der Waals surface area contributed by atoms with Crippen molar-refractivity contribution in [2.75, 3.05) is 10.6 Å². The summed E-state index contributed by atoms with van der Waals surface area (Å²) in [7, 11) is 0. The summed E-state index contributed by atoms with van der Waals surface area (Å²) < 4.78 is 1.55. The van der Waals surface area contributed by atoms with Crippen LogP contribution >= 0.6 is 0 Å². The van der Waals surface area contributed by atoms with Crippen molar-refractivity contribution >= 4 is 23.2 Å². The van der Waals surface area contributed by atoms with Crippen molar-refractivity contribution in [3.05, 3.63) is 60.4 Å². The topological polar surface area (TPSA) is 102 Å². The molecule has 2 amide bonds. The van der Waals surface area contributed by atoms with Crippen molar-refractivity contribution in [3.8, 4) is 5.69 Å². The van der Waals surface area contributed by atoms with Gasteiger partial charge in [-0.15, -0.1) is 5.10 Å². The van der Waals surface area contributed by atoms with Gasteiger partial charge in [0.25, 0.3) is 0 Å². The third-order valence-electron chi connectivity index (χ3n) is 3.96. The molecule has 0 aliphatic carbocycles. The van der Waals surface area contributed by atoms with Crippen molar-refractivity contribution in [3.63, 3.8) is 0 Å². The van der Waals surface area contributed by atoms with Crippen LogP contribution in [-0.4, -0.2) is 32.0 Å². The number of aromatic nitrogens is 4. The van der Waals surface area contributed by atoms with E-state index in [9.17, 15) is 9.59 Å². The van der Waals surface area contributed by atoms with Crippen LogP contribution in [0.2, 0.25) is 0 Å². The van der Waals surface area contributed by atoms with E-state index in [1.54, 1.807) is 28.9 Å². The Morgan fingerprint density at radius 3 is 2.07 bits per heavy atom. The maximum atomic E-state index is 12.3. The summed E-state index contributed by atoms with van der Waals surface area (Å²) in [4.78, 5) is 24.1. The van der Waals surface area contributed by atoms with Crippen LogP contribution in [-0.2, 0) is 16.0 Å². The van der Waals surface area contributed by atoms with Crippen molar-refractivity contribution < 1.29 is 9.59 Å². The zero-order chi connectivity index (χ0) is 19.9. The molecular weight excluding hydrogens is 356 g/mol. The SMILES string of the molecule is CC(C)CC(=O)Nc1ccc(NC(=O)Cc2ccc(-n3cnnn3)cc2)cc1. The van der Waals surface area contributed by atoms with Gasteiger partial charge in [0.1, 0.15) is 6.33 Å². The Bertz CT molecular complexity index is 918. The molecule has 28 heavy (non-hydrogen) atoms. The number of nitrogens with one attached hydrogen (secondary N) is 2. The fourth-order valence-corrected chi connectivity index (χ4v) is 2.66. The van der Waals surface area contributed by atoms with E-state index in [0.717, 1.165) is 11.3 Å². The van der Waals surface area contributed by atoms with E-state index < -0.39 is 0 Å². The van der Waals surface area contributed by atoms with Gasteiger partial charge >= 0.3 is 0 Å². The van der Waals surface area contributed by atoms with Gasteiger partial charge in [0.05, 0.1) is 12.1 Å². The van der Waals surface area contributed by atoms with E-state index in [-0.39, 0.29) is 18.2 Å². The molecule has 2 N–H and O–H groups in total. The molecule has 2 aromatic carbocycles. The second-order valence-corrected chi connectivity index (χ2v) is 6.87. The Hall–Kier alpha value is -3.55. The zero-order valence-corrected chi connectivity index (χ0v) is 15.8. The van der Waals surface area contributed by atoms with Gasteiger partial charge in [0.15, 0.2) is 0 Å². The Morgan fingerprint density at radius 1 is 0.929 bits per heavy atom. The summed E-state index contributed by atoms with van der Waals surface area (Å²) in [6.45, 7) is 4.00. The minimum Gasteiger partial charge on any atom is -0.326 e. The smallest absolute Gasteiger partial charge is 0.228 e. The van der Waals surface area contributed by atoms with Crippen LogP contribution in [0.1, 0.15) is 25.8 Å². The van der Waals surface area contributed by atoms with E-state index in [1.807, 2.05) is 38.1 Å². The molecular formula is C20H22N6O2. The van der Waals surface area contributed by atoms with E-state index >= 15 is 0 Å². The predicted molar refractivity (Wildman–Crippen MR) is 106 cm³/mol. The van der Waals surface area contributed by atoms with Crippen LogP contribution < -0.4 is 10.6 Å². The van der Waals surface area contributed by atoms with Gasteiger partial charge in [0, 0.05) is 17.8 Å². The number of benzene rings is 2. The fraction of sp³-hybridized carbons (Fsp3) is 0.250. The standard InChI is InChI=1S/C20H22N6O2/c1-14(2)11-19(27)22-16-5-7-17(8-6-16)23-20(28)12-15-3-9-18(10-4-15)26-13-21-24-25-26/h3-10,13-14H,11-12H2,1-2H3,(H,22,27)(H,23,28). The zero-order valence-electron chi connectivity index (χ0n) is 15.8. The van der Waals surface area contributed by atoms with Gasteiger partial charge in [-0.1, -0.05) is 26.0 Å². The maximum Gasteiger partial charge on any atom is 0.228 e. The predicted octanol–water partition coefficient (Wildman–Crippen LogP) is 2.83. The number of carbonyl (C=O) groups is 2. The Labute approximate surface area is 163 Å². The molecule has 0 fully saturated rings. The molecule has 8 nitrogen and oxygen atoms in total. The largest absolute Gasteiger partial charge is 0.326 e. The number of hydrogen-bond donors (Lipinski definition) is 2. The first-order valence-corrected chi connectivity index (χ1v) is 9.01. The number of nitrogens with zero attached hydrogens (tertiary/aromatic N) is 4. The third kappa shape index (κ3) is 5.47. The number of carbonyl (C=O) groups excluding carboxylic acids is 2. The summed E-state index contributed by atoms with van der Waals surface area (Å²) in [5.74, 6) is 0.171. The van der Waals surface area contributed by atoms with Gasteiger partial charge in [-0.3, -0.25) is 9.59 Å². The van der Waals surface area contributed by atoms with E-state index in [1.165, 1.54) is 6.33 Å². The highest BCUT2D eigenvalue weighted by molar-refractivity contribution is 5.93. The first-order chi connectivity index (χ1) is 13.5. The fourth-order valence-electron chi connectivity index (χ4n) is 2.66. The molecule has 8 heteroatoms. The molecule has 0 aliphatic heterocycles. The van der Waals surface area contributed by atoms with Gasteiger partial charge < -0.3 is 10.6 Å². The van der Waals surface area contributed by atoms with Crippen LogP contribution in [0.15, 0.2) is 54.9 Å². The van der Waals surface area contributed by atoms with Crippen LogP contribution in [0.4, 0.5) is 11.4 Å². The highest BCUT2D eigenvalue weighted by atomic mass is 16.2. The molecule has 0 bridgehead atoms. The Kier molecular flexibility index (Phi) is 6.11. The molecule has 3 rings (SSSR count). The highest BCUT2D eigenvalue weighted by Gasteiger charge is 2.07. The number of amides is 2. The molecule has 0 saturated carbocycles. The molecule has 0 radical (unpaired) electrons. The molecule has 1 heterocycles. The molecule has 0 aliphatic rings. The van der Waals surface area contributed by atoms with Crippen LogP contribution in [0.5, 0.6) is 0 Å². The minimum absolute atomic E-state index is 0.0168. The molecule has 1 aromatic heterocycles. The van der Waals surface area contributed by atoms with Crippen molar-refractivity contribution in [2.24, 2.45) is 5.92 Å². The second kappa shape index (κ2) is 8.90. The van der Waals surface area contributed by atoms with Gasteiger partial charge in [0.2, 0.25) is 11.8 Å². The molecule has 0 unspecified atom stereocenters. The maximum absolute atomic E-state index is 12.3. The molecule has 0 atom stereocenters. The molecule has 0 spiro atoms. The lowest BCUT2D eigenvalue weighted by atomic mass is 10.1. The number of hydrogen-bond acceptors (Lipinski definition) is 5. The number of rotatable bonds is 7. The summed E-state index contributed by atoms with van der Waals surface area (Å²) in [5.41, 5.74) is 3.09. The van der Waals surface area contributed by atoms with E-state index in [2.05, 4.69) is 26.2 Å². The average molecular weight is 378 g/mol. The highest BCUT2D eigenvalue weighted by Crippen LogP contribution is 2.15. The number of anilines is 2. The van der Waals surface area contributed by atoms with Crippen LogP contribution in [0.25, 0.3) is 5.69 Å². The third-order valence-corrected chi connectivity index (χ3v) is 3.96. The quantitative estimate of drug-likeness (QED) is 0.658. The monoisotopic (exact) mass is 378 g/mol.